The van der Waals surface area contributed by atoms with Crippen molar-refractivity contribution in [2.75, 3.05) is 0 Å². The molecule has 3 nitrogen and oxygen atoms in total. The summed E-state index contributed by atoms with van der Waals surface area (Å²) in [5, 5.41) is 12.5. The highest BCUT2D eigenvalue weighted by Gasteiger charge is 2.36. The molecule has 3 rings (SSSR count). The predicted octanol–water partition coefficient (Wildman–Crippen LogP) is 3.31. The Bertz CT molecular complexity index is 723. The number of halogens is 2. The first-order chi connectivity index (χ1) is 9.08. The second kappa shape index (κ2) is 4.17. The summed E-state index contributed by atoms with van der Waals surface area (Å²) < 4.78 is 13.4. The zero-order valence-electron chi connectivity index (χ0n) is 9.56. The Morgan fingerprint density at radius 1 is 1.11 bits per heavy atom. The largest absolute Gasteiger partial charge is 0.618 e. The summed E-state index contributed by atoms with van der Waals surface area (Å²) in [5.74, 6) is -0.827. The monoisotopic (exact) mass is 275 g/mol. The van der Waals surface area contributed by atoms with Gasteiger partial charge in [0.25, 0.3) is 11.5 Å². The molecule has 0 aromatic heterocycles. The number of carbonyl (C=O) groups is 1. The van der Waals surface area contributed by atoms with Crippen LogP contribution in [-0.4, -0.2) is 16.2 Å². The number of Topliss-reactive ketones (excluding diaryl/α,β-unsaturated/α-hetero) is 1. The van der Waals surface area contributed by atoms with Crippen LogP contribution in [0.5, 0.6) is 0 Å². The molecule has 1 aliphatic rings. The summed E-state index contributed by atoms with van der Waals surface area (Å²) in [6.45, 7) is 0. The average Bonchev–Trinajstić information content (AvgIpc) is 2.63. The Morgan fingerprint density at radius 2 is 1.79 bits per heavy atom. The van der Waals surface area contributed by atoms with E-state index < -0.39 is 11.6 Å². The van der Waals surface area contributed by atoms with Gasteiger partial charge in [-0.25, -0.2) is 4.39 Å². The maximum atomic E-state index is 12.9. The van der Waals surface area contributed by atoms with Crippen LogP contribution in [-0.2, 0) is 0 Å². The van der Waals surface area contributed by atoms with Crippen molar-refractivity contribution in [3.8, 4) is 0 Å². The van der Waals surface area contributed by atoms with Gasteiger partial charge in [0.1, 0.15) is 11.4 Å². The molecule has 0 unspecified atom stereocenters. The number of rotatable bonds is 1. The molecule has 0 fully saturated rings. The highest BCUT2D eigenvalue weighted by molar-refractivity contribution is 6.52. The lowest BCUT2D eigenvalue weighted by Gasteiger charge is -2.01. The van der Waals surface area contributed by atoms with Gasteiger partial charge in [-0.05, 0) is 36.4 Å². The normalized spacial score (nSPS) is 13.9. The molecule has 0 spiro atoms. The van der Waals surface area contributed by atoms with Crippen LogP contribution in [0.4, 0.5) is 10.1 Å². The summed E-state index contributed by atoms with van der Waals surface area (Å²) >= 11 is 5.82. The van der Waals surface area contributed by atoms with Gasteiger partial charge < -0.3 is 5.21 Å². The molecule has 0 saturated carbocycles. The van der Waals surface area contributed by atoms with Gasteiger partial charge in [-0.3, -0.25) is 4.79 Å². The molecule has 0 atom stereocenters. The molecule has 1 aliphatic heterocycles. The summed E-state index contributed by atoms with van der Waals surface area (Å²) in [6, 6.07) is 9.73. The van der Waals surface area contributed by atoms with E-state index in [0.717, 1.165) is 0 Å². The lowest BCUT2D eigenvalue weighted by molar-refractivity contribution is -0.355. The molecular formula is C14H7ClFNO2. The van der Waals surface area contributed by atoms with E-state index in [-0.39, 0.29) is 17.0 Å². The maximum Gasteiger partial charge on any atom is 0.272 e. The minimum Gasteiger partial charge on any atom is -0.618 e. The molecule has 0 saturated heterocycles. The Morgan fingerprint density at radius 3 is 2.47 bits per heavy atom. The SMILES string of the molecule is O=C1C(c2ccc(F)cc2)=[N+]([O-])c2ccc(Cl)cc21. The van der Waals surface area contributed by atoms with Crippen molar-refractivity contribution in [3.05, 3.63) is 69.6 Å². The zero-order chi connectivity index (χ0) is 13.6. The molecule has 5 heteroatoms. The molecule has 0 N–H and O–H groups in total. The fourth-order valence-corrected chi connectivity index (χ4v) is 2.24. The molecular weight excluding hydrogens is 269 g/mol. The van der Waals surface area contributed by atoms with Crippen molar-refractivity contribution in [2.45, 2.75) is 0 Å². The lowest BCUT2D eigenvalue weighted by Crippen LogP contribution is -2.16. The second-order valence-corrected chi connectivity index (χ2v) is 4.58. The Labute approximate surface area is 113 Å². The molecule has 2 aromatic rings. The number of carbonyl (C=O) groups excluding carboxylic acids is 1. The fourth-order valence-electron chi connectivity index (χ4n) is 2.06. The van der Waals surface area contributed by atoms with Crippen molar-refractivity contribution in [3.63, 3.8) is 0 Å². The molecule has 2 aromatic carbocycles. The Kier molecular flexibility index (Phi) is 2.61. The topological polar surface area (TPSA) is 43.1 Å². The number of nitrogens with zero attached hydrogens (tertiary/aromatic N) is 1. The maximum absolute atomic E-state index is 12.9. The predicted molar refractivity (Wildman–Crippen MR) is 69.6 cm³/mol. The second-order valence-electron chi connectivity index (χ2n) is 4.14. The number of hydrogen-bond acceptors (Lipinski definition) is 2. The smallest absolute Gasteiger partial charge is 0.272 e. The van der Waals surface area contributed by atoms with E-state index >= 15 is 0 Å². The van der Waals surface area contributed by atoms with Gasteiger partial charge in [-0.1, -0.05) is 11.6 Å². The summed E-state index contributed by atoms with van der Waals surface area (Å²) in [7, 11) is 0. The van der Waals surface area contributed by atoms with Crippen LogP contribution in [0.25, 0.3) is 0 Å². The number of hydrogen-bond donors (Lipinski definition) is 0. The third-order valence-corrected chi connectivity index (χ3v) is 3.19. The van der Waals surface area contributed by atoms with Crippen molar-refractivity contribution >= 4 is 28.8 Å². The van der Waals surface area contributed by atoms with Crippen LogP contribution in [0.2, 0.25) is 5.02 Å². The van der Waals surface area contributed by atoms with E-state index in [1.807, 2.05) is 0 Å². The fraction of sp³-hybridized carbons (Fsp3) is 0. The minimum atomic E-state index is -0.423. The zero-order valence-corrected chi connectivity index (χ0v) is 10.3. The van der Waals surface area contributed by atoms with Gasteiger partial charge >= 0.3 is 0 Å². The van der Waals surface area contributed by atoms with E-state index in [2.05, 4.69) is 0 Å². The summed E-state index contributed by atoms with van der Waals surface area (Å²) in [6.07, 6.45) is 0. The highest BCUT2D eigenvalue weighted by atomic mass is 35.5. The quantitative estimate of drug-likeness (QED) is 0.592. The number of ketones is 1. The van der Waals surface area contributed by atoms with Crippen molar-refractivity contribution in [1.29, 1.82) is 0 Å². The molecule has 0 radical (unpaired) electrons. The molecule has 19 heavy (non-hydrogen) atoms. The van der Waals surface area contributed by atoms with Crippen molar-refractivity contribution < 1.29 is 13.9 Å². The molecule has 94 valence electrons. The number of fused-ring (bicyclic) bond motifs is 1. The average molecular weight is 276 g/mol. The van der Waals surface area contributed by atoms with Crippen LogP contribution in [0.3, 0.4) is 0 Å². The van der Waals surface area contributed by atoms with Gasteiger partial charge in [-0.15, -0.1) is 0 Å². The van der Waals surface area contributed by atoms with E-state index in [1.165, 1.54) is 36.4 Å². The van der Waals surface area contributed by atoms with Crippen molar-refractivity contribution in [2.24, 2.45) is 0 Å². The minimum absolute atomic E-state index is 0.0164. The number of benzene rings is 2. The van der Waals surface area contributed by atoms with Gasteiger partial charge in [-0.2, -0.15) is 4.74 Å². The van der Waals surface area contributed by atoms with E-state index in [1.54, 1.807) is 6.07 Å². The van der Waals surface area contributed by atoms with E-state index in [4.69, 9.17) is 11.6 Å². The van der Waals surface area contributed by atoms with Crippen LogP contribution in [0, 0.1) is 11.0 Å². The first-order valence-electron chi connectivity index (χ1n) is 5.52. The molecule has 0 bridgehead atoms. The standard InChI is InChI=1S/C14H7ClFNO2/c15-9-3-6-12-11(7-9)14(18)13(17(12)19)8-1-4-10(16)5-2-8/h1-7H. The van der Waals surface area contributed by atoms with Gasteiger partial charge in [0.15, 0.2) is 0 Å². The third kappa shape index (κ3) is 1.81. The Balaban J connectivity index is 2.17. The van der Waals surface area contributed by atoms with Gasteiger partial charge in [0.05, 0.1) is 5.56 Å². The Hall–Kier alpha value is -2.20. The summed E-state index contributed by atoms with van der Waals surface area (Å²) in [4.78, 5) is 12.2. The first kappa shape index (κ1) is 11.9. The van der Waals surface area contributed by atoms with Gasteiger partial charge in [0.2, 0.25) is 5.69 Å². The van der Waals surface area contributed by atoms with Crippen LogP contribution < -0.4 is 0 Å². The van der Waals surface area contributed by atoms with Crippen LogP contribution in [0.15, 0.2) is 42.5 Å². The molecule has 1 heterocycles. The lowest BCUT2D eigenvalue weighted by atomic mass is 10.0. The van der Waals surface area contributed by atoms with Crippen LogP contribution in [0.1, 0.15) is 15.9 Å². The first-order valence-corrected chi connectivity index (χ1v) is 5.90. The van der Waals surface area contributed by atoms with E-state index in [9.17, 15) is 14.4 Å². The van der Waals surface area contributed by atoms with Gasteiger partial charge in [0, 0.05) is 11.1 Å². The highest BCUT2D eigenvalue weighted by Crippen LogP contribution is 2.30. The van der Waals surface area contributed by atoms with Crippen molar-refractivity contribution in [1.82, 2.24) is 0 Å². The molecule has 0 aliphatic carbocycles. The summed E-state index contributed by atoms with van der Waals surface area (Å²) in [5.41, 5.74) is 0.890. The molecule has 0 amide bonds. The third-order valence-electron chi connectivity index (χ3n) is 2.96. The van der Waals surface area contributed by atoms with Crippen LogP contribution >= 0.6 is 11.6 Å². The van der Waals surface area contributed by atoms with E-state index in [0.29, 0.717) is 15.3 Å².